The third-order valence-electron chi connectivity index (χ3n) is 1.13. The molecule has 0 aliphatic heterocycles. The van der Waals surface area contributed by atoms with E-state index in [1.54, 1.807) is 6.08 Å². The van der Waals surface area contributed by atoms with Crippen LogP contribution in [0.2, 0.25) is 0 Å². The minimum absolute atomic E-state index is 0.225. The maximum absolute atomic E-state index is 10.8. The Balaban J connectivity index is 3.52. The summed E-state index contributed by atoms with van der Waals surface area (Å²) in [4.78, 5) is 21.1. The van der Waals surface area contributed by atoms with E-state index in [-0.39, 0.29) is 13.2 Å². The molecule has 0 bridgehead atoms. The first kappa shape index (κ1) is 11.7. The summed E-state index contributed by atoms with van der Waals surface area (Å²) in [5.74, 6) is -1.02. The lowest BCUT2D eigenvalue weighted by atomic mass is 10.3. The molecule has 4 heteroatoms. The van der Waals surface area contributed by atoms with Crippen molar-refractivity contribution < 1.29 is 19.1 Å². The van der Waals surface area contributed by atoms with E-state index in [2.05, 4.69) is 4.74 Å². The molecule has 0 atom stereocenters. The normalized spacial score (nSPS) is 8.85. The number of ether oxygens (including phenoxy) is 2. The minimum Gasteiger partial charge on any atom is -0.459 e. The summed E-state index contributed by atoms with van der Waals surface area (Å²) < 4.78 is 9.14. The highest BCUT2D eigenvalue weighted by atomic mass is 16.6. The number of carbonyl (C=O) groups is 2. The van der Waals surface area contributed by atoms with Gasteiger partial charge in [0.15, 0.2) is 6.61 Å². The molecule has 0 unspecified atom stereocenters. The van der Waals surface area contributed by atoms with Gasteiger partial charge in [-0.15, -0.1) is 0 Å². The Kier molecular flexibility index (Phi) is 5.59. The van der Waals surface area contributed by atoms with E-state index < -0.39 is 11.9 Å². The number of esters is 2. The molecule has 74 valence electrons. The van der Waals surface area contributed by atoms with Gasteiger partial charge in [0.1, 0.15) is 6.61 Å². The van der Waals surface area contributed by atoms with Crippen molar-refractivity contribution >= 4 is 11.9 Å². The Morgan fingerprint density at radius 1 is 1.15 bits per heavy atom. The molecule has 0 aliphatic carbocycles. The Bertz CT molecular complexity index is 214. The highest BCUT2D eigenvalue weighted by Gasteiger charge is 2.03. The fraction of sp³-hybridized carbons (Fsp3) is 0.556. The molecule has 0 rings (SSSR count). The van der Waals surface area contributed by atoms with Gasteiger partial charge in [-0.25, -0.2) is 4.79 Å². The van der Waals surface area contributed by atoms with Crippen LogP contribution in [0.15, 0.2) is 11.6 Å². The summed E-state index contributed by atoms with van der Waals surface area (Å²) in [6.45, 7) is 4.96. The molecule has 13 heavy (non-hydrogen) atoms. The fourth-order valence-corrected chi connectivity index (χ4v) is 0.504. The smallest absolute Gasteiger partial charge is 0.344 e. The van der Waals surface area contributed by atoms with E-state index in [0.29, 0.717) is 0 Å². The van der Waals surface area contributed by atoms with Gasteiger partial charge in [0.2, 0.25) is 0 Å². The maximum atomic E-state index is 10.8. The zero-order valence-corrected chi connectivity index (χ0v) is 8.12. The predicted octanol–water partition coefficient (Wildman–Crippen LogP) is 1.06. The van der Waals surface area contributed by atoms with Gasteiger partial charge in [0.05, 0.1) is 0 Å². The quantitative estimate of drug-likeness (QED) is 0.486. The van der Waals surface area contributed by atoms with Crippen LogP contribution in [0.3, 0.4) is 0 Å². The average Bonchev–Trinajstić information content (AvgIpc) is 2.00. The summed E-state index contributed by atoms with van der Waals surface area (Å²) in [6.07, 6.45) is 1.77. The van der Waals surface area contributed by atoms with Crippen LogP contribution in [0, 0.1) is 0 Å². The van der Waals surface area contributed by atoms with Gasteiger partial charge in [-0.1, -0.05) is 5.57 Å². The first-order chi connectivity index (χ1) is 6.02. The molecular weight excluding hydrogens is 172 g/mol. The van der Waals surface area contributed by atoms with E-state index >= 15 is 0 Å². The molecule has 0 aromatic rings. The van der Waals surface area contributed by atoms with Crippen molar-refractivity contribution in [3.8, 4) is 0 Å². The van der Waals surface area contributed by atoms with Gasteiger partial charge in [-0.2, -0.15) is 0 Å². The molecule has 0 aliphatic rings. The molecule has 0 heterocycles. The number of allylic oxidation sites excluding steroid dienone is 1. The molecule has 0 spiro atoms. The average molecular weight is 186 g/mol. The first-order valence-electron chi connectivity index (χ1n) is 3.94. The Morgan fingerprint density at radius 3 is 2.23 bits per heavy atom. The summed E-state index contributed by atoms with van der Waals surface area (Å²) in [6, 6.07) is 0. The molecule has 0 saturated heterocycles. The third-order valence-corrected chi connectivity index (χ3v) is 1.13. The Hall–Kier alpha value is -1.32. The second-order valence-electron chi connectivity index (χ2n) is 2.74. The third kappa shape index (κ3) is 8.59. The van der Waals surface area contributed by atoms with Crippen molar-refractivity contribution in [2.45, 2.75) is 20.8 Å². The van der Waals surface area contributed by atoms with Crippen molar-refractivity contribution in [2.75, 3.05) is 13.2 Å². The van der Waals surface area contributed by atoms with Crippen molar-refractivity contribution in [1.29, 1.82) is 0 Å². The van der Waals surface area contributed by atoms with Crippen LogP contribution in [-0.4, -0.2) is 25.2 Å². The zero-order chi connectivity index (χ0) is 10.3. The molecule has 4 nitrogen and oxygen atoms in total. The van der Waals surface area contributed by atoms with E-state index in [1.165, 1.54) is 6.92 Å². The largest absolute Gasteiger partial charge is 0.459 e. The standard InChI is InChI=1S/C9H14O4/c1-7(2)4-5-12-9(11)6-13-8(3)10/h4H,5-6H2,1-3H3. The lowest BCUT2D eigenvalue weighted by Gasteiger charge is -2.01. The SMILES string of the molecule is CC(=O)OCC(=O)OCC=C(C)C. The van der Waals surface area contributed by atoms with Crippen molar-refractivity contribution in [2.24, 2.45) is 0 Å². The van der Waals surface area contributed by atoms with Crippen molar-refractivity contribution in [3.63, 3.8) is 0 Å². The highest BCUT2D eigenvalue weighted by molar-refractivity contribution is 5.75. The van der Waals surface area contributed by atoms with Crippen molar-refractivity contribution in [1.82, 2.24) is 0 Å². The molecular formula is C9H14O4. The predicted molar refractivity (Wildman–Crippen MR) is 47.0 cm³/mol. The lowest BCUT2D eigenvalue weighted by Crippen LogP contribution is -2.14. The molecule has 0 aromatic carbocycles. The van der Waals surface area contributed by atoms with E-state index in [0.717, 1.165) is 5.57 Å². The topological polar surface area (TPSA) is 52.6 Å². The van der Waals surface area contributed by atoms with Gasteiger partial charge >= 0.3 is 11.9 Å². The minimum atomic E-state index is -0.535. The van der Waals surface area contributed by atoms with Crippen LogP contribution in [0.1, 0.15) is 20.8 Å². The van der Waals surface area contributed by atoms with E-state index in [4.69, 9.17) is 4.74 Å². The van der Waals surface area contributed by atoms with Crippen LogP contribution in [-0.2, 0) is 19.1 Å². The number of carbonyl (C=O) groups excluding carboxylic acids is 2. The van der Waals surface area contributed by atoms with Crippen LogP contribution in [0.5, 0.6) is 0 Å². The summed E-state index contributed by atoms with van der Waals surface area (Å²) >= 11 is 0. The highest BCUT2D eigenvalue weighted by Crippen LogP contribution is 1.89. The fourth-order valence-electron chi connectivity index (χ4n) is 0.504. The number of hydrogen-bond acceptors (Lipinski definition) is 4. The Morgan fingerprint density at radius 2 is 1.77 bits per heavy atom. The summed E-state index contributed by atoms with van der Waals surface area (Å²) in [5.41, 5.74) is 1.07. The molecule has 0 amide bonds. The van der Waals surface area contributed by atoms with Crippen molar-refractivity contribution in [3.05, 3.63) is 11.6 Å². The van der Waals surface area contributed by atoms with Crippen LogP contribution < -0.4 is 0 Å². The van der Waals surface area contributed by atoms with Gasteiger partial charge in [0.25, 0.3) is 0 Å². The molecule has 0 radical (unpaired) electrons. The lowest BCUT2D eigenvalue weighted by molar-refractivity contribution is -0.156. The monoisotopic (exact) mass is 186 g/mol. The Labute approximate surface area is 77.5 Å². The van der Waals surface area contributed by atoms with Gasteiger partial charge in [0, 0.05) is 6.92 Å². The van der Waals surface area contributed by atoms with E-state index in [1.807, 2.05) is 13.8 Å². The van der Waals surface area contributed by atoms with E-state index in [9.17, 15) is 9.59 Å². The van der Waals surface area contributed by atoms with Gasteiger partial charge in [-0.3, -0.25) is 4.79 Å². The summed E-state index contributed by atoms with van der Waals surface area (Å²) in [5, 5.41) is 0. The van der Waals surface area contributed by atoms with Crippen LogP contribution >= 0.6 is 0 Å². The molecule has 0 fully saturated rings. The summed E-state index contributed by atoms with van der Waals surface area (Å²) in [7, 11) is 0. The van der Waals surface area contributed by atoms with Gasteiger partial charge < -0.3 is 9.47 Å². The number of rotatable bonds is 4. The zero-order valence-electron chi connectivity index (χ0n) is 8.12. The van der Waals surface area contributed by atoms with Crippen LogP contribution in [0.25, 0.3) is 0 Å². The maximum Gasteiger partial charge on any atom is 0.344 e. The first-order valence-corrected chi connectivity index (χ1v) is 3.94. The second kappa shape index (κ2) is 6.22. The van der Waals surface area contributed by atoms with Crippen LogP contribution in [0.4, 0.5) is 0 Å². The number of hydrogen-bond donors (Lipinski definition) is 0. The molecule has 0 saturated carbocycles. The second-order valence-corrected chi connectivity index (χ2v) is 2.74. The molecule has 0 aromatic heterocycles. The molecule has 0 N–H and O–H groups in total. The van der Waals surface area contributed by atoms with Gasteiger partial charge in [-0.05, 0) is 19.9 Å².